The van der Waals surface area contributed by atoms with E-state index in [1.807, 2.05) is 36.4 Å². The Bertz CT molecular complexity index is 747. The van der Waals surface area contributed by atoms with Gasteiger partial charge in [-0.2, -0.15) is 0 Å². The number of furan rings is 1. The molecule has 3 aromatic rings. The normalized spacial score (nSPS) is 10.3. The maximum atomic E-state index is 12.1. The third-order valence-corrected chi connectivity index (χ3v) is 3.10. The first-order valence-electron chi connectivity index (χ1n) is 6.53. The lowest BCUT2D eigenvalue weighted by Gasteiger charge is -2.06. The largest absolute Gasteiger partial charge is 0.464 e. The van der Waals surface area contributed by atoms with Crippen molar-refractivity contribution in [1.29, 1.82) is 0 Å². The summed E-state index contributed by atoms with van der Waals surface area (Å²) in [6.07, 6.45) is 1.63. The smallest absolute Gasteiger partial charge is 0.255 e. The number of hydrogen-bond donors (Lipinski definition) is 2. The van der Waals surface area contributed by atoms with Gasteiger partial charge in [-0.25, -0.2) is 0 Å². The zero-order chi connectivity index (χ0) is 14.7. The number of hydrogen-bond acceptors (Lipinski definition) is 3. The first-order chi connectivity index (χ1) is 10.2. The van der Waals surface area contributed by atoms with Crippen molar-refractivity contribution in [2.24, 2.45) is 0 Å². The maximum absolute atomic E-state index is 12.1. The predicted molar refractivity (Wildman–Crippen MR) is 83.0 cm³/mol. The van der Waals surface area contributed by atoms with E-state index < -0.39 is 0 Å². The van der Waals surface area contributed by atoms with Gasteiger partial charge >= 0.3 is 0 Å². The fraction of sp³-hybridized carbons (Fsp3) is 0. The second kappa shape index (κ2) is 5.54. The van der Waals surface area contributed by atoms with Gasteiger partial charge < -0.3 is 15.5 Å². The molecule has 1 heterocycles. The van der Waals surface area contributed by atoms with E-state index >= 15 is 0 Å². The van der Waals surface area contributed by atoms with Crippen LogP contribution in [-0.2, 0) is 0 Å². The van der Waals surface area contributed by atoms with Crippen molar-refractivity contribution in [3.05, 3.63) is 72.5 Å². The zero-order valence-electron chi connectivity index (χ0n) is 11.2. The van der Waals surface area contributed by atoms with Crippen LogP contribution in [0.15, 0.2) is 71.3 Å². The maximum Gasteiger partial charge on any atom is 0.255 e. The van der Waals surface area contributed by atoms with Gasteiger partial charge in [0.25, 0.3) is 5.91 Å². The molecule has 1 amide bonds. The highest BCUT2D eigenvalue weighted by Crippen LogP contribution is 2.22. The molecule has 0 unspecified atom stereocenters. The number of nitrogens with one attached hydrogen (secondary N) is 1. The van der Waals surface area contributed by atoms with Crippen LogP contribution in [0.25, 0.3) is 11.3 Å². The van der Waals surface area contributed by atoms with Gasteiger partial charge in [0.15, 0.2) is 0 Å². The number of rotatable bonds is 3. The van der Waals surface area contributed by atoms with E-state index in [4.69, 9.17) is 10.2 Å². The first-order valence-corrected chi connectivity index (χ1v) is 6.53. The second-order valence-corrected chi connectivity index (χ2v) is 4.63. The molecule has 21 heavy (non-hydrogen) atoms. The average Bonchev–Trinajstić information content (AvgIpc) is 3.02. The van der Waals surface area contributed by atoms with Gasteiger partial charge in [-0.15, -0.1) is 0 Å². The summed E-state index contributed by atoms with van der Waals surface area (Å²) in [7, 11) is 0. The summed E-state index contributed by atoms with van der Waals surface area (Å²) in [6.45, 7) is 0. The van der Waals surface area contributed by atoms with Gasteiger partial charge in [-0.1, -0.05) is 6.07 Å². The Morgan fingerprint density at radius 3 is 2.48 bits per heavy atom. The van der Waals surface area contributed by atoms with Gasteiger partial charge in [0.2, 0.25) is 0 Å². The third-order valence-electron chi connectivity index (χ3n) is 3.10. The fourth-order valence-corrected chi connectivity index (χ4v) is 2.04. The lowest BCUT2D eigenvalue weighted by Crippen LogP contribution is -2.11. The number of carbonyl (C=O) groups is 1. The van der Waals surface area contributed by atoms with Gasteiger partial charge in [-0.3, -0.25) is 4.79 Å². The van der Waals surface area contributed by atoms with Crippen LogP contribution < -0.4 is 11.1 Å². The van der Waals surface area contributed by atoms with E-state index in [9.17, 15) is 4.79 Å². The minimum absolute atomic E-state index is 0.187. The Kier molecular flexibility index (Phi) is 3.43. The number of carbonyl (C=O) groups excluding carboxylic acids is 1. The standard InChI is InChI=1S/C17H14N2O2/c18-14-4-1-3-13(11-14)17(20)19-15-8-6-12(7-9-15)16-5-2-10-21-16/h1-11H,18H2,(H,19,20). The van der Waals surface area contributed by atoms with Crippen LogP contribution in [0.3, 0.4) is 0 Å². The summed E-state index contributed by atoms with van der Waals surface area (Å²) < 4.78 is 5.32. The molecule has 0 spiro atoms. The molecule has 4 heteroatoms. The average molecular weight is 278 g/mol. The topological polar surface area (TPSA) is 68.3 Å². The van der Waals surface area contributed by atoms with Crippen LogP contribution in [-0.4, -0.2) is 5.91 Å². The van der Waals surface area contributed by atoms with Crippen LogP contribution in [0.2, 0.25) is 0 Å². The van der Waals surface area contributed by atoms with Gasteiger partial charge in [0.1, 0.15) is 5.76 Å². The molecular weight excluding hydrogens is 264 g/mol. The Balaban J connectivity index is 1.75. The molecule has 104 valence electrons. The van der Waals surface area contributed by atoms with E-state index in [1.54, 1.807) is 30.5 Å². The highest BCUT2D eigenvalue weighted by atomic mass is 16.3. The molecule has 0 aliphatic rings. The molecule has 4 nitrogen and oxygen atoms in total. The first kappa shape index (κ1) is 13.0. The molecule has 0 bridgehead atoms. The number of anilines is 2. The van der Waals surface area contributed by atoms with Crippen molar-refractivity contribution in [1.82, 2.24) is 0 Å². The van der Waals surface area contributed by atoms with E-state index in [0.717, 1.165) is 17.0 Å². The monoisotopic (exact) mass is 278 g/mol. The second-order valence-electron chi connectivity index (χ2n) is 4.63. The van der Waals surface area contributed by atoms with E-state index in [-0.39, 0.29) is 5.91 Å². The van der Waals surface area contributed by atoms with Gasteiger partial charge in [0, 0.05) is 22.5 Å². The van der Waals surface area contributed by atoms with Crippen molar-refractivity contribution < 1.29 is 9.21 Å². The minimum atomic E-state index is -0.187. The highest BCUT2D eigenvalue weighted by Gasteiger charge is 2.07. The lowest BCUT2D eigenvalue weighted by molar-refractivity contribution is 0.102. The zero-order valence-corrected chi connectivity index (χ0v) is 11.2. The summed E-state index contributed by atoms with van der Waals surface area (Å²) in [5.74, 6) is 0.608. The van der Waals surface area contributed by atoms with Crippen LogP contribution in [0.1, 0.15) is 10.4 Å². The van der Waals surface area contributed by atoms with Crippen LogP contribution >= 0.6 is 0 Å². The highest BCUT2D eigenvalue weighted by molar-refractivity contribution is 6.04. The molecule has 0 saturated heterocycles. The molecule has 3 N–H and O–H groups in total. The molecule has 0 saturated carbocycles. The van der Waals surface area contributed by atoms with Crippen molar-refractivity contribution in [2.75, 3.05) is 11.1 Å². The Morgan fingerprint density at radius 2 is 1.81 bits per heavy atom. The Morgan fingerprint density at radius 1 is 1.00 bits per heavy atom. The Hall–Kier alpha value is -3.01. The predicted octanol–water partition coefficient (Wildman–Crippen LogP) is 3.78. The summed E-state index contributed by atoms with van der Waals surface area (Å²) >= 11 is 0. The summed E-state index contributed by atoms with van der Waals surface area (Å²) in [5, 5.41) is 2.83. The number of nitrogens with two attached hydrogens (primary N) is 1. The molecule has 0 aliphatic carbocycles. The molecule has 0 aliphatic heterocycles. The van der Waals surface area contributed by atoms with E-state index in [2.05, 4.69) is 5.32 Å². The molecule has 0 atom stereocenters. The lowest BCUT2D eigenvalue weighted by atomic mass is 10.1. The number of amides is 1. The van der Waals surface area contributed by atoms with Crippen molar-refractivity contribution in [2.45, 2.75) is 0 Å². The van der Waals surface area contributed by atoms with Crippen LogP contribution in [0.4, 0.5) is 11.4 Å². The number of benzene rings is 2. The summed E-state index contributed by atoms with van der Waals surface area (Å²) in [5.41, 5.74) is 8.45. The molecule has 2 aromatic carbocycles. The molecule has 3 rings (SSSR count). The van der Waals surface area contributed by atoms with E-state index in [1.165, 1.54) is 0 Å². The van der Waals surface area contributed by atoms with Crippen molar-refractivity contribution in [3.63, 3.8) is 0 Å². The third kappa shape index (κ3) is 2.95. The molecule has 0 radical (unpaired) electrons. The van der Waals surface area contributed by atoms with Crippen molar-refractivity contribution in [3.8, 4) is 11.3 Å². The fourth-order valence-electron chi connectivity index (χ4n) is 2.04. The molecule has 0 fully saturated rings. The van der Waals surface area contributed by atoms with Gasteiger partial charge in [0.05, 0.1) is 6.26 Å². The van der Waals surface area contributed by atoms with Gasteiger partial charge in [-0.05, 0) is 54.6 Å². The quantitative estimate of drug-likeness (QED) is 0.716. The van der Waals surface area contributed by atoms with Crippen LogP contribution in [0, 0.1) is 0 Å². The molecular formula is C17H14N2O2. The van der Waals surface area contributed by atoms with Crippen molar-refractivity contribution >= 4 is 17.3 Å². The summed E-state index contributed by atoms with van der Waals surface area (Å²) in [4.78, 5) is 12.1. The summed E-state index contributed by atoms with van der Waals surface area (Å²) in [6, 6.07) is 18.1. The van der Waals surface area contributed by atoms with Crippen LogP contribution in [0.5, 0.6) is 0 Å². The number of nitrogen functional groups attached to an aromatic ring is 1. The SMILES string of the molecule is Nc1cccc(C(=O)Nc2ccc(-c3ccco3)cc2)c1. The van der Waals surface area contributed by atoms with E-state index in [0.29, 0.717) is 11.3 Å². The minimum Gasteiger partial charge on any atom is -0.464 e. The Labute approximate surface area is 122 Å². The molecule has 1 aromatic heterocycles.